The van der Waals surface area contributed by atoms with Gasteiger partial charge in [0.1, 0.15) is 92.6 Å². The van der Waals surface area contributed by atoms with E-state index in [-0.39, 0.29) is 25.7 Å². The van der Waals surface area contributed by atoms with E-state index >= 15 is 0 Å². The van der Waals surface area contributed by atoms with Crippen LogP contribution >= 0.6 is 7.82 Å². The minimum Gasteiger partial charge on any atom is -0.463 e. The van der Waals surface area contributed by atoms with Crippen LogP contribution in [0.4, 0.5) is 0 Å². The van der Waals surface area contributed by atoms with Gasteiger partial charge in [0.25, 0.3) is 0 Å². The summed E-state index contributed by atoms with van der Waals surface area (Å²) < 4.78 is 73.6. The monoisotopic (exact) mass is 1750 g/mol. The lowest BCUT2D eigenvalue weighted by atomic mass is 9.84. The van der Waals surface area contributed by atoms with Crippen molar-refractivity contribution in [2.75, 3.05) is 26.4 Å². The van der Waals surface area contributed by atoms with E-state index in [1.165, 1.54) is 193 Å². The molecule has 121 heavy (non-hydrogen) atoms. The molecule has 1 saturated carbocycles. The number of phosphoric ester groups is 1. The number of hydrogen-bond acceptors (Lipinski definition) is 24. The summed E-state index contributed by atoms with van der Waals surface area (Å²) in [6.07, 6.45) is 31.8. The summed E-state index contributed by atoms with van der Waals surface area (Å²) in [5, 5.41) is 103. The Morgan fingerprint density at radius 2 is 0.669 bits per heavy atom. The number of aliphatic hydroxyl groups excluding tert-OH is 9. The molecule has 3 rings (SSSR count). The zero-order valence-electron chi connectivity index (χ0n) is 76.3. The predicted molar refractivity (Wildman–Crippen MR) is 472 cm³/mol. The van der Waals surface area contributed by atoms with Crippen molar-refractivity contribution < 1.29 is 122 Å². The lowest BCUT2D eigenvalue weighted by Crippen LogP contribution is -2.70. The summed E-state index contributed by atoms with van der Waals surface area (Å²) >= 11 is 0. The molecule has 0 amide bonds. The van der Waals surface area contributed by atoms with Crippen LogP contribution in [-0.4, -0.2) is 205 Å². The van der Waals surface area contributed by atoms with Crippen LogP contribution in [0.15, 0.2) is 12.2 Å². The van der Waals surface area contributed by atoms with Crippen LogP contribution in [0, 0.1) is 5.92 Å². The third kappa shape index (κ3) is 53.1. The van der Waals surface area contributed by atoms with Gasteiger partial charge in [0.05, 0.1) is 13.2 Å². The van der Waals surface area contributed by atoms with E-state index in [4.69, 9.17) is 46.9 Å². The second-order valence-electron chi connectivity index (χ2n) is 35.6. The van der Waals surface area contributed by atoms with E-state index in [2.05, 4.69) is 46.8 Å². The number of carbonyl (C=O) groups is 4. The first-order chi connectivity index (χ1) is 58.6. The fourth-order valence-electron chi connectivity index (χ4n) is 16.5. The molecule has 0 aromatic carbocycles. The van der Waals surface area contributed by atoms with Gasteiger partial charge in [0, 0.05) is 25.7 Å². The van der Waals surface area contributed by atoms with Gasteiger partial charge in [-0.2, -0.15) is 0 Å². The van der Waals surface area contributed by atoms with Gasteiger partial charge >= 0.3 is 31.7 Å². The highest BCUT2D eigenvalue weighted by molar-refractivity contribution is 7.47. The van der Waals surface area contributed by atoms with Gasteiger partial charge in [-0.1, -0.05) is 368 Å². The number of esters is 4. The molecule has 0 bridgehead atoms. The molecule has 25 nitrogen and oxygen atoms in total. The average molecular weight is 1750 g/mol. The minimum atomic E-state index is -5.81. The van der Waals surface area contributed by atoms with E-state index in [1.54, 1.807) is 0 Å². The largest absolute Gasteiger partial charge is 0.472 e. The average Bonchev–Trinajstić information content (AvgIpc) is 0.753. The topological polar surface area (TPSA) is 380 Å². The molecular weight excluding hydrogens is 1570 g/mol. The van der Waals surface area contributed by atoms with E-state index < -0.39 is 162 Å². The maximum absolute atomic E-state index is 14.9. The molecule has 3 fully saturated rings. The van der Waals surface area contributed by atoms with E-state index in [0.717, 1.165) is 148 Å². The highest BCUT2D eigenvalue weighted by Crippen LogP contribution is 2.49. The second-order valence-corrected chi connectivity index (χ2v) is 37.0. The lowest BCUT2D eigenvalue weighted by molar-refractivity contribution is -0.360. The maximum Gasteiger partial charge on any atom is 0.472 e. The van der Waals surface area contributed by atoms with Gasteiger partial charge in [-0.05, 0) is 57.3 Å². The number of rotatable bonds is 80. The Bertz CT molecular complexity index is 2570. The third-order valence-corrected chi connectivity index (χ3v) is 25.4. The summed E-state index contributed by atoms with van der Waals surface area (Å²) in [5.41, 5.74) is 0. The second kappa shape index (κ2) is 73.0. The molecule has 0 aromatic rings. The van der Waals surface area contributed by atoms with Gasteiger partial charge in [-0.3, -0.25) is 28.2 Å². The van der Waals surface area contributed by atoms with Crippen LogP contribution in [0.25, 0.3) is 0 Å². The van der Waals surface area contributed by atoms with E-state index in [9.17, 15) is 74.6 Å². The van der Waals surface area contributed by atoms with Crippen LogP contribution in [0.2, 0.25) is 0 Å². The van der Waals surface area contributed by atoms with Crippen molar-refractivity contribution in [3.05, 3.63) is 12.2 Å². The molecule has 2 heterocycles. The quantitative estimate of drug-likeness (QED) is 0.00889. The zero-order valence-corrected chi connectivity index (χ0v) is 77.2. The molecule has 2 saturated heterocycles. The van der Waals surface area contributed by atoms with E-state index in [1.807, 2.05) is 0 Å². The lowest BCUT2D eigenvalue weighted by Gasteiger charge is -2.50. The number of aliphatic hydroxyl groups is 9. The van der Waals surface area contributed by atoms with Crippen molar-refractivity contribution in [1.29, 1.82) is 0 Å². The van der Waals surface area contributed by atoms with Gasteiger partial charge in [0.15, 0.2) is 24.8 Å². The fourth-order valence-corrected chi connectivity index (χ4v) is 17.5. The minimum absolute atomic E-state index is 0.0162. The van der Waals surface area contributed by atoms with Crippen LogP contribution in [0.1, 0.15) is 433 Å². The number of phosphoric acid groups is 1. The molecule has 712 valence electrons. The molecule has 19 atom stereocenters. The van der Waals surface area contributed by atoms with Crippen LogP contribution in [0.3, 0.4) is 0 Å². The molecular formula is C95H177O25P. The Morgan fingerprint density at radius 3 is 1.07 bits per heavy atom. The number of allylic oxidation sites excluding steroid dienone is 2. The van der Waals surface area contributed by atoms with E-state index in [0.29, 0.717) is 38.0 Å². The van der Waals surface area contributed by atoms with Crippen molar-refractivity contribution in [1.82, 2.24) is 0 Å². The fraction of sp³-hybridized carbons (Fsp3) is 0.937. The summed E-state index contributed by atoms with van der Waals surface area (Å²) in [4.78, 5) is 66.6. The highest BCUT2D eigenvalue weighted by Gasteiger charge is 2.60. The van der Waals surface area contributed by atoms with Crippen LogP contribution in [0.5, 0.6) is 0 Å². The first-order valence-electron chi connectivity index (χ1n) is 49.3. The normalized spacial score (nSPS) is 24.9. The maximum atomic E-state index is 14.9. The standard InChI is InChI=1S/C95H177O25P/c1-6-10-14-18-22-25-28-31-34-37-40-43-46-49-57-63-69-81(100)117-90-86(105)87(106)91(118-94-88(107)84(103)82(101)76(70-96)115-94)93(92(90)119-95-89(108)85(104)83(102)77(116-95)73-112-79(98)67-61-55-51-50-53-59-65-74(5)64-58-52-21-17-13-9-4)120-121(109,110)113-72-75(114-80(99)68-62-56-48-45-42-39-36-33-30-27-24-20-16-12-8-3)71-111-78(97)66-60-54-47-44-41-38-35-32-29-26-23-19-15-11-7-2/h26,29,74-77,82-96,101-108H,6-25,27-28,30-73H2,1-5H3,(H,109,110)/b29-26-. The summed E-state index contributed by atoms with van der Waals surface area (Å²) in [6, 6.07) is 0. The SMILES string of the molecule is CCCCCC/C=C\CCCCCCCCCC(=O)OCC(COP(=O)(O)OC1C(OC2OC(CO)C(O)C(O)C2O)C(O)C(O)C(OC(=O)CCCCCCCCCCCCCCCCCC)C1OC1OC(COC(=O)CCCCCCCCC(C)CCCCCCCC)C(O)C(O)C1O)OC(=O)CCCCCCCCCCCCCCCCC. The van der Waals surface area contributed by atoms with Crippen molar-refractivity contribution in [2.24, 2.45) is 5.92 Å². The van der Waals surface area contributed by atoms with Crippen molar-refractivity contribution in [3.63, 3.8) is 0 Å². The highest BCUT2D eigenvalue weighted by atomic mass is 31.2. The Kier molecular flexibility index (Phi) is 67.8. The summed E-state index contributed by atoms with van der Waals surface area (Å²) in [7, 11) is -5.81. The molecule has 0 aromatic heterocycles. The summed E-state index contributed by atoms with van der Waals surface area (Å²) in [5.74, 6) is -2.27. The molecule has 19 unspecified atom stereocenters. The third-order valence-electron chi connectivity index (χ3n) is 24.4. The number of hydrogen-bond donors (Lipinski definition) is 10. The molecule has 2 aliphatic heterocycles. The van der Waals surface area contributed by atoms with Crippen molar-refractivity contribution in [2.45, 2.75) is 537 Å². The Morgan fingerprint density at radius 1 is 0.347 bits per heavy atom. The number of ether oxygens (including phenoxy) is 8. The summed E-state index contributed by atoms with van der Waals surface area (Å²) in [6.45, 7) is 7.96. The van der Waals surface area contributed by atoms with Crippen molar-refractivity contribution >= 4 is 31.7 Å². The molecule has 1 aliphatic carbocycles. The smallest absolute Gasteiger partial charge is 0.463 e. The van der Waals surface area contributed by atoms with Gasteiger partial charge in [0.2, 0.25) is 0 Å². The van der Waals surface area contributed by atoms with Crippen LogP contribution < -0.4 is 0 Å². The Hall–Kier alpha value is -2.79. The molecule has 0 radical (unpaired) electrons. The number of carbonyl (C=O) groups excluding carboxylic acids is 4. The van der Waals surface area contributed by atoms with Crippen LogP contribution in [-0.2, 0) is 70.7 Å². The Balaban J connectivity index is 1.91. The molecule has 3 aliphatic rings. The van der Waals surface area contributed by atoms with Gasteiger partial charge < -0.3 is 88.7 Å². The first-order valence-corrected chi connectivity index (χ1v) is 50.8. The Labute approximate surface area is 731 Å². The van der Waals surface area contributed by atoms with Crippen molar-refractivity contribution in [3.8, 4) is 0 Å². The number of unbranched alkanes of at least 4 members (excludes halogenated alkanes) is 50. The predicted octanol–water partition coefficient (Wildman–Crippen LogP) is 19.0. The first kappa shape index (κ1) is 112. The molecule has 10 N–H and O–H groups in total. The zero-order chi connectivity index (χ0) is 88.4. The van der Waals surface area contributed by atoms with Gasteiger partial charge in [-0.25, -0.2) is 4.57 Å². The molecule has 26 heteroatoms. The van der Waals surface area contributed by atoms with Gasteiger partial charge in [-0.15, -0.1) is 0 Å². The molecule has 0 spiro atoms.